The highest BCUT2D eigenvalue weighted by Gasteiger charge is 2.05. The van der Waals surface area contributed by atoms with Crippen molar-refractivity contribution in [3.8, 4) is 0 Å². The molecule has 0 aliphatic carbocycles. The third-order valence-electron chi connectivity index (χ3n) is 2.29. The van der Waals surface area contributed by atoms with Crippen LogP contribution in [0.25, 0.3) is 0 Å². The van der Waals surface area contributed by atoms with Gasteiger partial charge in [0.15, 0.2) is 0 Å². The Labute approximate surface area is 104 Å². The van der Waals surface area contributed by atoms with Crippen molar-refractivity contribution >= 4 is 23.2 Å². The Hall–Kier alpha value is -1.87. The fraction of sp³-hybridized carbons (Fsp3) is 0.0769. The predicted molar refractivity (Wildman–Crippen MR) is 68.2 cm³/mol. The Balaban J connectivity index is 2.08. The zero-order chi connectivity index (χ0) is 12.1. The lowest BCUT2D eigenvalue weighted by atomic mass is 10.2. The summed E-state index contributed by atoms with van der Waals surface area (Å²) in [6.45, 7) is 0. The normalized spacial score (nSPS) is 9.94. The molecule has 0 aliphatic rings. The first-order chi connectivity index (χ1) is 8.29. The number of halogens is 1. The van der Waals surface area contributed by atoms with Crippen molar-refractivity contribution in [2.24, 2.45) is 0 Å². The van der Waals surface area contributed by atoms with Crippen LogP contribution < -0.4 is 5.32 Å². The molecule has 0 fully saturated rings. The van der Waals surface area contributed by atoms with E-state index in [-0.39, 0.29) is 5.91 Å². The summed E-state index contributed by atoms with van der Waals surface area (Å²) in [5, 5.41) is 2.79. The lowest BCUT2D eigenvalue weighted by Gasteiger charge is -2.05. The summed E-state index contributed by atoms with van der Waals surface area (Å²) < 4.78 is 0. The van der Waals surface area contributed by atoms with E-state index in [0.717, 1.165) is 11.3 Å². The van der Waals surface area contributed by atoms with Crippen molar-refractivity contribution in [1.29, 1.82) is 0 Å². The van der Waals surface area contributed by atoms with E-state index in [1.165, 1.54) is 6.20 Å². The average Bonchev–Trinajstić information content (AvgIpc) is 2.40. The van der Waals surface area contributed by atoms with Gasteiger partial charge in [0.05, 0.1) is 5.56 Å². The first-order valence-electron chi connectivity index (χ1n) is 5.16. The van der Waals surface area contributed by atoms with Gasteiger partial charge in [0.1, 0.15) is 0 Å². The molecule has 0 spiro atoms. The van der Waals surface area contributed by atoms with Crippen LogP contribution in [0.3, 0.4) is 0 Å². The van der Waals surface area contributed by atoms with Crippen molar-refractivity contribution in [2.45, 2.75) is 5.88 Å². The van der Waals surface area contributed by atoms with E-state index in [4.69, 9.17) is 11.6 Å². The molecular formula is C13H11ClN2O. The van der Waals surface area contributed by atoms with E-state index in [1.807, 2.05) is 24.3 Å². The molecule has 0 aliphatic heterocycles. The third kappa shape index (κ3) is 3.04. The van der Waals surface area contributed by atoms with Crippen molar-refractivity contribution < 1.29 is 4.79 Å². The number of anilines is 1. The van der Waals surface area contributed by atoms with Gasteiger partial charge in [-0.2, -0.15) is 0 Å². The molecule has 0 atom stereocenters. The summed E-state index contributed by atoms with van der Waals surface area (Å²) in [6, 6.07) is 10.9. The van der Waals surface area contributed by atoms with Gasteiger partial charge in [0.2, 0.25) is 0 Å². The third-order valence-corrected chi connectivity index (χ3v) is 2.60. The number of benzene rings is 1. The molecule has 1 aromatic carbocycles. The van der Waals surface area contributed by atoms with Crippen LogP contribution in [0.4, 0.5) is 5.69 Å². The molecule has 1 aromatic heterocycles. The first-order valence-corrected chi connectivity index (χ1v) is 5.69. The summed E-state index contributed by atoms with van der Waals surface area (Å²) in [5.74, 6) is 0.299. The van der Waals surface area contributed by atoms with E-state index in [0.29, 0.717) is 11.4 Å². The zero-order valence-corrected chi connectivity index (χ0v) is 9.82. The number of carbonyl (C=O) groups is 1. The lowest BCUT2D eigenvalue weighted by Crippen LogP contribution is -2.11. The number of pyridine rings is 1. The maximum Gasteiger partial charge on any atom is 0.257 e. The molecule has 0 saturated carbocycles. The molecule has 2 rings (SSSR count). The molecule has 17 heavy (non-hydrogen) atoms. The molecule has 1 heterocycles. The van der Waals surface area contributed by atoms with Crippen LogP contribution >= 0.6 is 11.6 Å². The van der Waals surface area contributed by atoms with Gasteiger partial charge in [0, 0.05) is 24.0 Å². The molecule has 0 radical (unpaired) electrons. The molecule has 86 valence electrons. The molecule has 0 bridgehead atoms. The minimum absolute atomic E-state index is 0.170. The summed E-state index contributed by atoms with van der Waals surface area (Å²) >= 11 is 5.69. The number of hydrogen-bond acceptors (Lipinski definition) is 2. The van der Waals surface area contributed by atoms with Crippen molar-refractivity contribution in [2.75, 3.05) is 5.32 Å². The molecule has 4 heteroatoms. The molecular weight excluding hydrogens is 236 g/mol. The van der Waals surface area contributed by atoms with Gasteiger partial charge in [-0.1, -0.05) is 12.1 Å². The summed E-state index contributed by atoms with van der Waals surface area (Å²) in [5.41, 5.74) is 2.30. The number of hydrogen-bond donors (Lipinski definition) is 1. The lowest BCUT2D eigenvalue weighted by molar-refractivity contribution is 0.102. The van der Waals surface area contributed by atoms with Crippen LogP contribution in [0.15, 0.2) is 48.8 Å². The second-order valence-electron chi connectivity index (χ2n) is 3.53. The monoisotopic (exact) mass is 246 g/mol. The van der Waals surface area contributed by atoms with Gasteiger partial charge in [-0.15, -0.1) is 11.6 Å². The SMILES string of the molecule is O=C(Nc1ccc(CCl)cc1)c1cccnc1. The van der Waals surface area contributed by atoms with Gasteiger partial charge < -0.3 is 5.32 Å². The fourth-order valence-corrected chi connectivity index (χ4v) is 1.56. The van der Waals surface area contributed by atoms with Crippen LogP contribution in [-0.4, -0.2) is 10.9 Å². The Morgan fingerprint density at radius 1 is 1.24 bits per heavy atom. The standard InChI is InChI=1S/C13H11ClN2O/c14-8-10-3-5-12(6-4-10)16-13(17)11-2-1-7-15-9-11/h1-7,9H,8H2,(H,16,17). The highest BCUT2D eigenvalue weighted by Crippen LogP contribution is 2.12. The smallest absolute Gasteiger partial charge is 0.257 e. The van der Waals surface area contributed by atoms with E-state index in [1.54, 1.807) is 18.3 Å². The fourth-order valence-electron chi connectivity index (χ4n) is 1.38. The van der Waals surface area contributed by atoms with Crippen LogP contribution in [0.1, 0.15) is 15.9 Å². The minimum atomic E-state index is -0.170. The van der Waals surface area contributed by atoms with E-state index in [2.05, 4.69) is 10.3 Å². The van der Waals surface area contributed by atoms with E-state index < -0.39 is 0 Å². The van der Waals surface area contributed by atoms with Crippen LogP contribution in [-0.2, 0) is 5.88 Å². The van der Waals surface area contributed by atoms with Gasteiger partial charge in [-0.25, -0.2) is 0 Å². The van der Waals surface area contributed by atoms with Gasteiger partial charge in [-0.3, -0.25) is 9.78 Å². The molecule has 3 nitrogen and oxygen atoms in total. The van der Waals surface area contributed by atoms with Crippen molar-refractivity contribution in [1.82, 2.24) is 4.98 Å². The maximum absolute atomic E-state index is 11.8. The average molecular weight is 247 g/mol. The second kappa shape index (κ2) is 5.46. The Morgan fingerprint density at radius 3 is 2.59 bits per heavy atom. The molecule has 1 amide bonds. The van der Waals surface area contributed by atoms with Gasteiger partial charge in [0.25, 0.3) is 5.91 Å². The highest BCUT2D eigenvalue weighted by molar-refractivity contribution is 6.17. The quantitative estimate of drug-likeness (QED) is 0.846. The van der Waals surface area contributed by atoms with Crippen molar-refractivity contribution in [3.05, 3.63) is 59.9 Å². The number of nitrogens with one attached hydrogen (secondary N) is 1. The predicted octanol–water partition coefficient (Wildman–Crippen LogP) is 3.07. The first kappa shape index (κ1) is 11.6. The maximum atomic E-state index is 11.8. The molecule has 2 aromatic rings. The summed E-state index contributed by atoms with van der Waals surface area (Å²) in [6.07, 6.45) is 3.16. The number of carbonyl (C=O) groups excluding carboxylic acids is 1. The largest absolute Gasteiger partial charge is 0.322 e. The topological polar surface area (TPSA) is 42.0 Å². The summed E-state index contributed by atoms with van der Waals surface area (Å²) in [7, 11) is 0. The zero-order valence-electron chi connectivity index (χ0n) is 9.06. The summed E-state index contributed by atoms with van der Waals surface area (Å²) in [4.78, 5) is 15.7. The van der Waals surface area contributed by atoms with Crippen LogP contribution in [0.5, 0.6) is 0 Å². The number of nitrogens with zero attached hydrogens (tertiary/aromatic N) is 1. The Morgan fingerprint density at radius 2 is 2.00 bits per heavy atom. The molecule has 1 N–H and O–H groups in total. The van der Waals surface area contributed by atoms with Crippen molar-refractivity contribution in [3.63, 3.8) is 0 Å². The molecule has 0 saturated heterocycles. The Bertz CT molecular complexity index is 497. The van der Waals surface area contributed by atoms with E-state index >= 15 is 0 Å². The van der Waals surface area contributed by atoms with Crippen LogP contribution in [0.2, 0.25) is 0 Å². The number of alkyl halides is 1. The van der Waals surface area contributed by atoms with Crippen LogP contribution in [0, 0.1) is 0 Å². The van der Waals surface area contributed by atoms with Gasteiger partial charge in [-0.05, 0) is 29.8 Å². The number of amides is 1. The highest BCUT2D eigenvalue weighted by atomic mass is 35.5. The second-order valence-corrected chi connectivity index (χ2v) is 3.79. The Kier molecular flexibility index (Phi) is 3.73. The molecule has 0 unspecified atom stereocenters. The minimum Gasteiger partial charge on any atom is -0.322 e. The van der Waals surface area contributed by atoms with E-state index in [9.17, 15) is 4.79 Å². The van der Waals surface area contributed by atoms with Gasteiger partial charge >= 0.3 is 0 Å². The number of aromatic nitrogens is 1. The number of rotatable bonds is 3.